The van der Waals surface area contributed by atoms with Crippen molar-refractivity contribution in [1.29, 1.82) is 0 Å². The quantitative estimate of drug-likeness (QED) is 0.207. The average Bonchev–Trinajstić information content (AvgIpc) is 3.46. The number of benzene rings is 3. The highest BCUT2D eigenvalue weighted by atomic mass is 32.1. The predicted octanol–water partition coefficient (Wildman–Crippen LogP) is 7.21. The van der Waals surface area contributed by atoms with Gasteiger partial charge in [-0.2, -0.15) is 0 Å². The largest absolute Gasteiger partial charge is 0.354 e. The van der Waals surface area contributed by atoms with E-state index in [9.17, 15) is 10.1 Å². The number of nitro benzene ring substituents is 1. The smallest absolute Gasteiger partial charge is 0.270 e. The molecule has 0 radical (unpaired) electrons. The van der Waals surface area contributed by atoms with Gasteiger partial charge in [-0.15, -0.1) is 11.3 Å². The molecule has 2 N–H and O–H groups in total. The normalized spacial score (nSPS) is 11.4. The number of anilines is 2. The molecule has 0 amide bonds. The van der Waals surface area contributed by atoms with Gasteiger partial charge in [0.25, 0.3) is 5.69 Å². The van der Waals surface area contributed by atoms with E-state index in [-0.39, 0.29) is 10.6 Å². The number of hydrogen-bond donors (Lipinski definition) is 2. The second kappa shape index (κ2) is 7.93. The summed E-state index contributed by atoms with van der Waals surface area (Å²) >= 11 is 1.49. The molecule has 0 aliphatic rings. The second-order valence-corrected chi connectivity index (χ2v) is 8.92. The molecule has 34 heavy (non-hydrogen) atoms. The van der Waals surface area contributed by atoms with Gasteiger partial charge in [-0.25, -0.2) is 9.97 Å². The summed E-state index contributed by atoms with van der Waals surface area (Å²) < 4.78 is 0. The molecule has 0 atom stereocenters. The standard InChI is InChI=1S/C26H19N5O2S/c1-2-15-5-4-8-20-19-10-9-17(12-22(19)30-24(15)20)29-25-23-21(13-34-26(23)28-14-27-25)16-6-3-7-18(11-16)31(32)33/h3-14,30H,2H2,1H3,(H,27,28,29). The van der Waals surface area contributed by atoms with Gasteiger partial charge in [-0.1, -0.05) is 43.3 Å². The summed E-state index contributed by atoms with van der Waals surface area (Å²) in [6.45, 7) is 2.16. The highest BCUT2D eigenvalue weighted by molar-refractivity contribution is 7.17. The summed E-state index contributed by atoms with van der Waals surface area (Å²) in [5.41, 5.74) is 6.10. The molecule has 0 saturated heterocycles. The van der Waals surface area contributed by atoms with Gasteiger partial charge in [0.1, 0.15) is 17.0 Å². The number of fused-ring (bicyclic) bond motifs is 4. The number of aromatic amines is 1. The van der Waals surface area contributed by atoms with Gasteiger partial charge in [0.2, 0.25) is 0 Å². The molecule has 0 unspecified atom stereocenters. The van der Waals surface area contributed by atoms with Gasteiger partial charge < -0.3 is 10.3 Å². The Bertz CT molecular complexity index is 1720. The van der Waals surface area contributed by atoms with Crippen LogP contribution in [0.5, 0.6) is 0 Å². The van der Waals surface area contributed by atoms with Crippen molar-refractivity contribution in [2.24, 2.45) is 0 Å². The van der Waals surface area contributed by atoms with Gasteiger partial charge in [0.15, 0.2) is 0 Å². The lowest BCUT2D eigenvalue weighted by atomic mass is 10.1. The molecule has 0 bridgehead atoms. The summed E-state index contributed by atoms with van der Waals surface area (Å²) in [6, 6.07) is 19.3. The highest BCUT2D eigenvalue weighted by Gasteiger charge is 2.16. The van der Waals surface area contributed by atoms with E-state index in [1.54, 1.807) is 12.1 Å². The second-order valence-electron chi connectivity index (χ2n) is 8.06. The number of thiophene rings is 1. The zero-order valence-electron chi connectivity index (χ0n) is 18.2. The van der Waals surface area contributed by atoms with E-state index in [1.807, 2.05) is 17.5 Å². The Labute approximate surface area is 198 Å². The van der Waals surface area contributed by atoms with Crippen LogP contribution < -0.4 is 5.32 Å². The van der Waals surface area contributed by atoms with Crippen LogP contribution in [0.25, 0.3) is 43.1 Å². The lowest BCUT2D eigenvalue weighted by Gasteiger charge is -2.09. The molecule has 3 aromatic heterocycles. The fourth-order valence-electron chi connectivity index (χ4n) is 4.47. The Morgan fingerprint density at radius 2 is 1.94 bits per heavy atom. The third kappa shape index (κ3) is 3.27. The van der Waals surface area contributed by atoms with Gasteiger partial charge >= 0.3 is 0 Å². The number of nitro groups is 1. The first-order chi connectivity index (χ1) is 16.6. The molecule has 0 spiro atoms. The van der Waals surface area contributed by atoms with E-state index in [0.29, 0.717) is 5.82 Å². The molecule has 6 aromatic rings. The van der Waals surface area contributed by atoms with Gasteiger partial charge in [-0.3, -0.25) is 10.1 Å². The number of aromatic nitrogens is 3. The van der Waals surface area contributed by atoms with Crippen molar-refractivity contribution in [2.75, 3.05) is 5.32 Å². The van der Waals surface area contributed by atoms with Crippen molar-refractivity contribution >= 4 is 60.6 Å². The Balaban J connectivity index is 1.45. The van der Waals surface area contributed by atoms with E-state index in [4.69, 9.17) is 0 Å². The first kappa shape index (κ1) is 20.3. The van der Waals surface area contributed by atoms with E-state index >= 15 is 0 Å². The number of aryl methyl sites for hydroxylation is 1. The lowest BCUT2D eigenvalue weighted by Crippen LogP contribution is -1.95. The monoisotopic (exact) mass is 465 g/mol. The van der Waals surface area contributed by atoms with Crippen molar-refractivity contribution in [1.82, 2.24) is 15.0 Å². The molecule has 0 aliphatic heterocycles. The molecule has 0 fully saturated rings. The first-order valence-corrected chi connectivity index (χ1v) is 11.8. The van der Waals surface area contributed by atoms with Crippen LogP contribution >= 0.6 is 11.3 Å². The van der Waals surface area contributed by atoms with Crippen molar-refractivity contribution in [3.8, 4) is 11.1 Å². The zero-order chi connectivity index (χ0) is 23.2. The summed E-state index contributed by atoms with van der Waals surface area (Å²) in [5.74, 6) is 0.664. The molecule has 7 nitrogen and oxygen atoms in total. The third-order valence-corrected chi connectivity index (χ3v) is 6.99. The number of nitrogens with zero attached hydrogens (tertiary/aromatic N) is 3. The van der Waals surface area contributed by atoms with E-state index < -0.39 is 0 Å². The van der Waals surface area contributed by atoms with E-state index in [0.717, 1.165) is 39.0 Å². The maximum atomic E-state index is 11.3. The van der Waals surface area contributed by atoms with Crippen molar-refractivity contribution in [3.63, 3.8) is 0 Å². The Hall–Kier alpha value is -4.30. The molecule has 0 saturated carbocycles. The molecule has 166 valence electrons. The van der Waals surface area contributed by atoms with E-state index in [2.05, 4.69) is 57.5 Å². The van der Waals surface area contributed by atoms with Crippen LogP contribution in [-0.4, -0.2) is 19.9 Å². The molecular formula is C26H19N5O2S. The first-order valence-electron chi connectivity index (χ1n) is 10.9. The Morgan fingerprint density at radius 3 is 2.79 bits per heavy atom. The maximum absolute atomic E-state index is 11.3. The van der Waals surface area contributed by atoms with Gasteiger partial charge in [0, 0.05) is 50.6 Å². The molecule has 0 aliphatic carbocycles. The third-order valence-electron chi connectivity index (χ3n) is 6.10. The topological polar surface area (TPSA) is 96.7 Å². The van der Waals surface area contributed by atoms with Crippen LogP contribution in [-0.2, 0) is 6.42 Å². The SMILES string of the molecule is CCc1cccc2c1[nH]c1cc(Nc3ncnc4scc(-c5cccc([N+](=O)[O-])c5)c34)ccc12. The highest BCUT2D eigenvalue weighted by Crippen LogP contribution is 2.39. The number of non-ortho nitro benzene ring substituents is 1. The molecular weight excluding hydrogens is 446 g/mol. The number of H-pyrrole nitrogens is 1. The van der Waals surface area contributed by atoms with Crippen molar-refractivity contribution < 1.29 is 4.92 Å². The fourth-order valence-corrected chi connectivity index (χ4v) is 5.38. The lowest BCUT2D eigenvalue weighted by molar-refractivity contribution is -0.384. The molecule has 6 rings (SSSR count). The summed E-state index contributed by atoms with van der Waals surface area (Å²) in [4.78, 5) is 24.2. The molecule has 3 aromatic carbocycles. The fraction of sp³-hybridized carbons (Fsp3) is 0.0769. The van der Waals surface area contributed by atoms with Gasteiger partial charge in [0.05, 0.1) is 10.3 Å². The minimum Gasteiger partial charge on any atom is -0.354 e. The Morgan fingerprint density at radius 1 is 1.06 bits per heavy atom. The van der Waals surface area contributed by atoms with Crippen LogP contribution in [0.4, 0.5) is 17.2 Å². The number of rotatable bonds is 5. The minimum atomic E-state index is -0.382. The number of para-hydroxylation sites is 1. The summed E-state index contributed by atoms with van der Waals surface area (Å²) in [5, 5.41) is 19.9. The zero-order valence-corrected chi connectivity index (χ0v) is 19.0. The molecule has 8 heteroatoms. The maximum Gasteiger partial charge on any atom is 0.270 e. The predicted molar refractivity (Wildman–Crippen MR) is 138 cm³/mol. The van der Waals surface area contributed by atoms with Crippen LogP contribution in [0.1, 0.15) is 12.5 Å². The minimum absolute atomic E-state index is 0.0546. The summed E-state index contributed by atoms with van der Waals surface area (Å²) in [6.07, 6.45) is 2.50. The van der Waals surface area contributed by atoms with Crippen molar-refractivity contribution in [2.45, 2.75) is 13.3 Å². The van der Waals surface area contributed by atoms with Gasteiger partial charge in [-0.05, 0) is 29.7 Å². The Kier molecular flexibility index (Phi) is 4.74. The number of hydrogen-bond acceptors (Lipinski definition) is 6. The van der Waals surface area contributed by atoms with Crippen LogP contribution in [0.3, 0.4) is 0 Å². The van der Waals surface area contributed by atoms with E-state index in [1.165, 1.54) is 45.6 Å². The molecule has 3 heterocycles. The van der Waals surface area contributed by atoms with Crippen LogP contribution in [0.15, 0.2) is 72.4 Å². The average molecular weight is 466 g/mol. The number of nitrogens with one attached hydrogen (secondary N) is 2. The van der Waals surface area contributed by atoms with Crippen LogP contribution in [0.2, 0.25) is 0 Å². The summed E-state index contributed by atoms with van der Waals surface area (Å²) in [7, 11) is 0. The van der Waals surface area contributed by atoms with Crippen molar-refractivity contribution in [3.05, 3.63) is 88.0 Å². The van der Waals surface area contributed by atoms with Crippen LogP contribution in [0, 0.1) is 10.1 Å².